The Bertz CT molecular complexity index is 3530. The molecule has 8 aromatic carbocycles. The Labute approximate surface area is 325 Å². The van der Waals surface area contributed by atoms with Gasteiger partial charge in [-0.1, -0.05) is 127 Å². The number of fused-ring (bicyclic) bond motifs is 9. The molecule has 4 aromatic heterocycles. The van der Waals surface area contributed by atoms with Gasteiger partial charge in [-0.05, 0) is 65.7 Å². The van der Waals surface area contributed by atoms with E-state index in [9.17, 15) is 0 Å². The summed E-state index contributed by atoms with van der Waals surface area (Å²) in [5, 5.41) is 6.44. The highest BCUT2D eigenvalue weighted by molar-refractivity contribution is 6.18. The normalized spacial score (nSPS) is 11.9. The third kappa shape index (κ3) is 4.94. The largest absolute Gasteiger partial charge is 0.456 e. The summed E-state index contributed by atoms with van der Waals surface area (Å²) >= 11 is 0. The first-order valence-corrected chi connectivity index (χ1v) is 19.0. The summed E-state index contributed by atoms with van der Waals surface area (Å²) < 4.78 is 15.3. The topological polar surface area (TPSA) is 69.9 Å². The monoisotopic (exact) mass is 730 g/mol. The summed E-state index contributed by atoms with van der Waals surface area (Å²) in [5.41, 5.74) is 11.4. The first kappa shape index (κ1) is 31.5. The molecule has 0 saturated heterocycles. The van der Waals surface area contributed by atoms with Gasteiger partial charge in [0.15, 0.2) is 17.5 Å². The molecular weight excluding hydrogens is 701 g/mol. The maximum atomic E-state index is 6.66. The first-order valence-electron chi connectivity index (χ1n) is 19.0. The minimum atomic E-state index is 0.557. The molecule has 12 aromatic rings. The molecule has 0 amide bonds. The molecule has 0 aliphatic carbocycles. The molecular formula is C51H30N4O2. The van der Waals surface area contributed by atoms with Crippen LogP contribution in [-0.2, 0) is 0 Å². The minimum Gasteiger partial charge on any atom is -0.456 e. The Morgan fingerprint density at radius 2 is 0.930 bits per heavy atom. The lowest BCUT2D eigenvalue weighted by atomic mass is 10.0. The molecule has 0 aliphatic heterocycles. The average molecular weight is 731 g/mol. The lowest BCUT2D eigenvalue weighted by Gasteiger charge is -2.12. The van der Waals surface area contributed by atoms with Crippen LogP contribution in [0.25, 0.3) is 117 Å². The van der Waals surface area contributed by atoms with E-state index in [-0.39, 0.29) is 0 Å². The van der Waals surface area contributed by atoms with E-state index in [0.29, 0.717) is 17.5 Å². The zero-order valence-corrected chi connectivity index (χ0v) is 30.4. The average Bonchev–Trinajstić information content (AvgIpc) is 3.96. The molecule has 0 N–H and O–H groups in total. The van der Waals surface area contributed by atoms with Crippen LogP contribution < -0.4 is 0 Å². The van der Waals surface area contributed by atoms with E-state index in [1.165, 1.54) is 21.9 Å². The van der Waals surface area contributed by atoms with Crippen LogP contribution in [0.15, 0.2) is 191 Å². The summed E-state index contributed by atoms with van der Waals surface area (Å²) in [6.07, 6.45) is 0. The van der Waals surface area contributed by atoms with E-state index in [4.69, 9.17) is 23.8 Å². The van der Waals surface area contributed by atoms with Crippen LogP contribution in [0.4, 0.5) is 0 Å². The predicted octanol–water partition coefficient (Wildman–Crippen LogP) is 13.4. The molecule has 266 valence electrons. The maximum Gasteiger partial charge on any atom is 0.164 e. The van der Waals surface area contributed by atoms with E-state index in [2.05, 4.69) is 114 Å². The number of para-hydroxylation sites is 2. The van der Waals surface area contributed by atoms with E-state index >= 15 is 0 Å². The van der Waals surface area contributed by atoms with Gasteiger partial charge in [-0.2, -0.15) is 0 Å². The van der Waals surface area contributed by atoms with Gasteiger partial charge in [-0.15, -0.1) is 0 Å². The SMILES string of the molecule is c1ccc(-c2ccc3c(c2)c2ccccc2n3-c2cccc3oc4cccc(-c5nc(-c6ccccc6)nc(-c6ccc7c(c6)oc6ccccc67)n5)c4c23)cc1. The van der Waals surface area contributed by atoms with Gasteiger partial charge in [-0.3, -0.25) is 0 Å². The quantitative estimate of drug-likeness (QED) is 0.176. The molecule has 0 spiro atoms. The van der Waals surface area contributed by atoms with Gasteiger partial charge in [0.1, 0.15) is 22.3 Å². The highest BCUT2D eigenvalue weighted by atomic mass is 16.3. The van der Waals surface area contributed by atoms with Crippen molar-refractivity contribution in [2.45, 2.75) is 0 Å². The van der Waals surface area contributed by atoms with Crippen molar-refractivity contribution in [3.63, 3.8) is 0 Å². The lowest BCUT2D eigenvalue weighted by molar-refractivity contribution is 0.668. The van der Waals surface area contributed by atoms with Crippen LogP contribution in [0.3, 0.4) is 0 Å². The smallest absolute Gasteiger partial charge is 0.164 e. The standard InChI is InChI=1S/C51H30N4O2/c1-3-13-31(14-4-1)33-26-28-41-39(29-33)35-17-7-9-20-40(35)55(41)42-21-12-24-45-48(42)47-38(19-11-23-44(47)57-45)51-53-49(32-15-5-2-6-16-32)52-50(54-51)34-25-27-37-36-18-8-10-22-43(36)56-46(37)30-34/h1-30H. The molecule has 0 atom stereocenters. The van der Waals surface area contributed by atoms with Gasteiger partial charge >= 0.3 is 0 Å². The van der Waals surface area contributed by atoms with Crippen molar-refractivity contribution >= 4 is 65.7 Å². The third-order valence-corrected chi connectivity index (χ3v) is 11.1. The second kappa shape index (κ2) is 12.3. The van der Waals surface area contributed by atoms with Gasteiger partial charge in [0.05, 0.1) is 22.1 Å². The number of benzene rings is 8. The third-order valence-electron chi connectivity index (χ3n) is 11.1. The van der Waals surface area contributed by atoms with Crippen LogP contribution in [0.5, 0.6) is 0 Å². The highest BCUT2D eigenvalue weighted by Gasteiger charge is 2.22. The van der Waals surface area contributed by atoms with Gasteiger partial charge in [0, 0.05) is 43.6 Å². The number of aromatic nitrogens is 4. The van der Waals surface area contributed by atoms with Crippen molar-refractivity contribution in [1.82, 2.24) is 19.5 Å². The second-order valence-electron chi connectivity index (χ2n) is 14.4. The number of furan rings is 2. The van der Waals surface area contributed by atoms with Gasteiger partial charge in [0.25, 0.3) is 0 Å². The molecule has 0 bridgehead atoms. The zero-order chi connectivity index (χ0) is 37.5. The van der Waals surface area contributed by atoms with E-state index < -0.39 is 0 Å². The lowest BCUT2D eigenvalue weighted by Crippen LogP contribution is -2.00. The van der Waals surface area contributed by atoms with Crippen LogP contribution >= 0.6 is 0 Å². The molecule has 0 aliphatic rings. The molecule has 0 radical (unpaired) electrons. The predicted molar refractivity (Wildman–Crippen MR) is 230 cm³/mol. The molecule has 6 nitrogen and oxygen atoms in total. The fraction of sp³-hybridized carbons (Fsp3) is 0. The van der Waals surface area contributed by atoms with Gasteiger partial charge in [0.2, 0.25) is 0 Å². The molecule has 12 rings (SSSR count). The molecule has 4 heterocycles. The van der Waals surface area contributed by atoms with Crippen LogP contribution in [0.2, 0.25) is 0 Å². The first-order chi connectivity index (χ1) is 28.2. The van der Waals surface area contributed by atoms with Crippen LogP contribution in [0.1, 0.15) is 0 Å². The molecule has 0 fully saturated rings. The Morgan fingerprint density at radius 3 is 1.77 bits per heavy atom. The summed E-state index contributed by atoms with van der Waals surface area (Å²) in [7, 11) is 0. The van der Waals surface area contributed by atoms with Gasteiger partial charge < -0.3 is 13.4 Å². The van der Waals surface area contributed by atoms with E-state index in [1.54, 1.807) is 0 Å². The Morgan fingerprint density at radius 1 is 0.333 bits per heavy atom. The molecule has 6 heteroatoms. The Balaban J connectivity index is 1.11. The van der Waals surface area contributed by atoms with Gasteiger partial charge in [-0.25, -0.2) is 15.0 Å². The van der Waals surface area contributed by atoms with Crippen LogP contribution in [0, 0.1) is 0 Å². The van der Waals surface area contributed by atoms with Crippen molar-refractivity contribution in [1.29, 1.82) is 0 Å². The van der Waals surface area contributed by atoms with Crippen molar-refractivity contribution in [3.8, 4) is 51.0 Å². The summed E-state index contributed by atoms with van der Waals surface area (Å²) in [6.45, 7) is 0. The van der Waals surface area contributed by atoms with Crippen molar-refractivity contribution in [2.75, 3.05) is 0 Å². The fourth-order valence-corrected chi connectivity index (χ4v) is 8.47. The zero-order valence-electron chi connectivity index (χ0n) is 30.4. The number of hydrogen-bond acceptors (Lipinski definition) is 5. The number of rotatable bonds is 5. The van der Waals surface area contributed by atoms with Crippen LogP contribution in [-0.4, -0.2) is 19.5 Å². The Hall–Kier alpha value is -7.83. The maximum absolute atomic E-state index is 6.66. The van der Waals surface area contributed by atoms with Crippen molar-refractivity contribution in [2.24, 2.45) is 0 Å². The van der Waals surface area contributed by atoms with Crippen molar-refractivity contribution < 1.29 is 8.83 Å². The fourth-order valence-electron chi connectivity index (χ4n) is 8.47. The Kier molecular flexibility index (Phi) is 6.83. The van der Waals surface area contributed by atoms with E-state index in [0.717, 1.165) is 77.3 Å². The molecule has 0 saturated carbocycles. The van der Waals surface area contributed by atoms with E-state index in [1.807, 2.05) is 72.8 Å². The van der Waals surface area contributed by atoms with Crippen molar-refractivity contribution in [3.05, 3.63) is 182 Å². The minimum absolute atomic E-state index is 0.557. The summed E-state index contributed by atoms with van der Waals surface area (Å²) in [6, 6.07) is 62.7. The molecule has 57 heavy (non-hydrogen) atoms. The number of hydrogen-bond donors (Lipinski definition) is 0. The highest BCUT2D eigenvalue weighted by Crippen LogP contribution is 2.43. The summed E-state index contributed by atoms with van der Waals surface area (Å²) in [5.74, 6) is 1.70. The summed E-state index contributed by atoms with van der Waals surface area (Å²) in [4.78, 5) is 15.4. The molecule has 0 unspecified atom stereocenters. The second-order valence-corrected chi connectivity index (χ2v) is 14.4. The number of nitrogens with zero attached hydrogens (tertiary/aromatic N) is 4.